The molecule has 10 heteroatoms. The van der Waals surface area contributed by atoms with E-state index in [0.29, 0.717) is 31.5 Å². The third-order valence-corrected chi connectivity index (χ3v) is 5.12. The Morgan fingerprint density at radius 1 is 1.16 bits per heavy atom. The number of primary amides is 1. The number of carbonyl (C=O) groups excluding carboxylic acids is 3. The minimum absolute atomic E-state index is 0. The Kier molecular flexibility index (Phi) is 8.42. The summed E-state index contributed by atoms with van der Waals surface area (Å²) >= 11 is 0. The monoisotopic (exact) mass is 464 g/mol. The number of methoxy groups -OCH3 is 1. The molecule has 0 bridgehead atoms. The summed E-state index contributed by atoms with van der Waals surface area (Å²) in [4.78, 5) is 38.0. The van der Waals surface area contributed by atoms with Crippen LogP contribution in [0.15, 0.2) is 36.4 Å². The largest absolute Gasteiger partial charge is 0.507 e. The van der Waals surface area contributed by atoms with Gasteiger partial charge in [0.2, 0.25) is 0 Å². The van der Waals surface area contributed by atoms with Crippen molar-refractivity contribution in [3.63, 3.8) is 0 Å². The topological polar surface area (TPSA) is 122 Å². The van der Waals surface area contributed by atoms with Gasteiger partial charge in [0.05, 0.1) is 7.11 Å². The Morgan fingerprint density at radius 3 is 2.44 bits per heavy atom. The predicted molar refractivity (Wildman–Crippen MR) is 118 cm³/mol. The maximum atomic E-state index is 14.4. The van der Waals surface area contributed by atoms with Crippen molar-refractivity contribution in [2.45, 2.75) is 18.9 Å². The average molecular weight is 465 g/mol. The highest BCUT2D eigenvalue weighted by Crippen LogP contribution is 2.30. The fourth-order valence-corrected chi connectivity index (χ4v) is 3.39. The van der Waals surface area contributed by atoms with Crippen LogP contribution < -0.4 is 15.8 Å². The van der Waals surface area contributed by atoms with Crippen LogP contribution >= 0.6 is 12.4 Å². The molecule has 4 N–H and O–H groups in total. The molecule has 1 radical (unpaired) electrons. The van der Waals surface area contributed by atoms with Crippen molar-refractivity contribution in [3.05, 3.63) is 65.3 Å². The van der Waals surface area contributed by atoms with E-state index >= 15 is 0 Å². The van der Waals surface area contributed by atoms with E-state index in [1.54, 1.807) is 0 Å². The number of likely N-dealkylation sites (tertiary alicyclic amines) is 1. The summed E-state index contributed by atoms with van der Waals surface area (Å²) in [6.07, 6.45) is 3.19. The van der Waals surface area contributed by atoms with Crippen LogP contribution in [0.25, 0.3) is 0 Å². The molecule has 1 aliphatic rings. The van der Waals surface area contributed by atoms with Crippen molar-refractivity contribution in [2.75, 3.05) is 20.2 Å². The van der Waals surface area contributed by atoms with Gasteiger partial charge in [0, 0.05) is 36.7 Å². The van der Waals surface area contributed by atoms with E-state index in [1.807, 2.05) is 6.42 Å². The fraction of sp³-hybridized carbons (Fsp3) is 0.273. The number of nitrogens with two attached hydrogens (primary N) is 1. The van der Waals surface area contributed by atoms with Gasteiger partial charge in [-0.15, -0.1) is 12.4 Å². The normalized spacial score (nSPS) is 15.8. The number of nitrogens with one attached hydrogen (secondary N) is 1. The molecule has 3 rings (SSSR count). The summed E-state index contributed by atoms with van der Waals surface area (Å²) in [5, 5.41) is 12.8. The number of urea groups is 1. The number of ether oxygens (including phenoxy) is 1. The van der Waals surface area contributed by atoms with Crippen molar-refractivity contribution in [1.29, 1.82) is 0 Å². The zero-order valence-electron chi connectivity index (χ0n) is 17.3. The van der Waals surface area contributed by atoms with Crippen molar-refractivity contribution < 1.29 is 28.6 Å². The van der Waals surface area contributed by atoms with E-state index in [-0.39, 0.29) is 35.7 Å². The second kappa shape index (κ2) is 10.8. The fourth-order valence-electron chi connectivity index (χ4n) is 3.39. The molecule has 0 aromatic heterocycles. The lowest BCUT2D eigenvalue weighted by Crippen LogP contribution is -2.39. The number of aromatic hydroxyl groups is 1. The average Bonchev–Trinajstić information content (AvgIpc) is 2.99. The molecule has 3 amide bonds. The van der Waals surface area contributed by atoms with Crippen LogP contribution in [0.5, 0.6) is 11.5 Å². The Labute approximate surface area is 190 Å². The molecule has 1 saturated heterocycles. The van der Waals surface area contributed by atoms with E-state index in [2.05, 4.69) is 5.32 Å². The number of carbonyl (C=O) groups is 3. The quantitative estimate of drug-likeness (QED) is 0.587. The number of halogens is 2. The maximum absolute atomic E-state index is 14.4. The van der Waals surface area contributed by atoms with Gasteiger partial charge in [0.1, 0.15) is 11.3 Å². The molecule has 1 atom stereocenters. The van der Waals surface area contributed by atoms with Gasteiger partial charge in [-0.2, -0.15) is 0 Å². The molecule has 171 valence electrons. The first-order valence-corrected chi connectivity index (χ1v) is 9.70. The molecular weight excluding hydrogens is 441 g/mol. The third kappa shape index (κ3) is 5.47. The molecule has 1 heterocycles. The second-order valence-electron chi connectivity index (χ2n) is 7.12. The summed E-state index contributed by atoms with van der Waals surface area (Å²) in [7, 11) is 1.26. The molecule has 0 saturated carbocycles. The van der Waals surface area contributed by atoms with Crippen molar-refractivity contribution in [3.8, 4) is 11.5 Å². The number of benzene rings is 2. The Hall–Kier alpha value is -3.33. The highest BCUT2D eigenvalue weighted by molar-refractivity contribution is 6.11. The van der Waals surface area contributed by atoms with Crippen molar-refractivity contribution in [1.82, 2.24) is 10.2 Å². The zero-order chi connectivity index (χ0) is 22.5. The van der Waals surface area contributed by atoms with Gasteiger partial charge >= 0.3 is 6.03 Å². The van der Waals surface area contributed by atoms with Crippen LogP contribution in [-0.2, 0) is 0 Å². The van der Waals surface area contributed by atoms with Gasteiger partial charge in [0.15, 0.2) is 17.3 Å². The highest BCUT2D eigenvalue weighted by Gasteiger charge is 2.23. The zero-order valence-corrected chi connectivity index (χ0v) is 18.2. The van der Waals surface area contributed by atoms with Gasteiger partial charge in [-0.25, -0.2) is 9.18 Å². The molecule has 2 aromatic rings. The number of nitrogens with zero attached hydrogens (tertiary/aromatic N) is 1. The van der Waals surface area contributed by atoms with Gasteiger partial charge in [-0.3, -0.25) is 9.59 Å². The maximum Gasteiger partial charge on any atom is 0.314 e. The Bertz CT molecular complexity index is 1000. The van der Waals surface area contributed by atoms with Gasteiger partial charge in [-0.1, -0.05) is 12.1 Å². The summed E-state index contributed by atoms with van der Waals surface area (Å²) in [6.45, 7) is 0.881. The molecule has 1 fully saturated rings. The van der Waals surface area contributed by atoms with Crippen LogP contribution in [-0.4, -0.2) is 54.0 Å². The first-order chi connectivity index (χ1) is 14.8. The number of amides is 3. The van der Waals surface area contributed by atoms with Crippen LogP contribution in [0.4, 0.5) is 9.18 Å². The number of hydrogen-bond donors (Lipinski definition) is 3. The molecule has 0 spiro atoms. The summed E-state index contributed by atoms with van der Waals surface area (Å²) in [5.41, 5.74) is 5.22. The molecule has 0 aliphatic carbocycles. The van der Waals surface area contributed by atoms with Gasteiger partial charge < -0.3 is 25.8 Å². The number of hydrogen-bond acceptors (Lipinski definition) is 5. The lowest BCUT2D eigenvalue weighted by molar-refractivity contribution is 0.0939. The number of ketones is 1. The van der Waals surface area contributed by atoms with E-state index in [4.69, 9.17) is 10.5 Å². The molecule has 0 unspecified atom stereocenters. The number of rotatable bonds is 5. The third-order valence-electron chi connectivity index (χ3n) is 5.12. The van der Waals surface area contributed by atoms with Crippen molar-refractivity contribution >= 4 is 30.1 Å². The molecule has 8 nitrogen and oxygen atoms in total. The molecule has 2 aromatic carbocycles. The highest BCUT2D eigenvalue weighted by atomic mass is 35.5. The molecule has 32 heavy (non-hydrogen) atoms. The van der Waals surface area contributed by atoms with E-state index in [0.717, 1.165) is 0 Å². The summed E-state index contributed by atoms with van der Waals surface area (Å²) in [6, 6.07) is 7.36. The summed E-state index contributed by atoms with van der Waals surface area (Å²) in [5.74, 6) is -2.69. The van der Waals surface area contributed by atoms with Crippen LogP contribution in [0.3, 0.4) is 0 Å². The SMILES string of the molecule is COc1ccc(O)c(C(=O)c2ccc(C(=O)N[C@@H]3[CH]CN(C(N)=O)CCC3)cc2)c1F.Cl. The van der Waals surface area contributed by atoms with Crippen LogP contribution in [0, 0.1) is 12.2 Å². The van der Waals surface area contributed by atoms with E-state index in [9.17, 15) is 23.9 Å². The number of phenols is 1. The standard InChI is InChI=1S/C22H23FN3O5.ClH/c1-31-17-9-8-16(27)18(19(17)23)20(28)13-4-6-14(7-5-13)21(29)25-15-3-2-11-26(12-10-15)22(24)30;/h4-10,15,27H,2-3,11-12H2,1H3,(H2,24,30)(H,25,29);1H/t15-;/m0./s1. The smallest absolute Gasteiger partial charge is 0.314 e. The Morgan fingerprint density at radius 2 is 1.81 bits per heavy atom. The van der Waals surface area contributed by atoms with Crippen molar-refractivity contribution in [2.24, 2.45) is 5.73 Å². The van der Waals surface area contributed by atoms with Gasteiger partial charge in [0.25, 0.3) is 5.91 Å². The lowest BCUT2D eigenvalue weighted by atomic mass is 10.00. The van der Waals surface area contributed by atoms with E-state index < -0.39 is 28.9 Å². The number of phenolic OH excluding ortho intramolecular Hbond substituents is 1. The molecular formula is C22H24ClFN3O5. The minimum atomic E-state index is -0.955. The lowest BCUT2D eigenvalue weighted by Gasteiger charge is -2.18. The van der Waals surface area contributed by atoms with Crippen LogP contribution in [0.2, 0.25) is 0 Å². The first-order valence-electron chi connectivity index (χ1n) is 9.70. The van der Waals surface area contributed by atoms with E-state index in [1.165, 1.54) is 48.4 Å². The second-order valence-corrected chi connectivity index (χ2v) is 7.12. The molecule has 1 aliphatic heterocycles. The minimum Gasteiger partial charge on any atom is -0.507 e. The predicted octanol–water partition coefficient (Wildman–Crippen LogP) is 2.67. The van der Waals surface area contributed by atoms with Crippen LogP contribution in [0.1, 0.15) is 39.1 Å². The Balaban J connectivity index is 0.00000363. The van der Waals surface area contributed by atoms with Gasteiger partial charge in [-0.05, 0) is 37.1 Å². The first kappa shape index (κ1) is 24.9. The summed E-state index contributed by atoms with van der Waals surface area (Å²) < 4.78 is 19.3.